The monoisotopic (exact) mass is 157 g/mol. The summed E-state index contributed by atoms with van der Waals surface area (Å²) < 4.78 is 0. The molecule has 0 aromatic heterocycles. The molecule has 0 saturated carbocycles. The van der Waals surface area contributed by atoms with Crippen molar-refractivity contribution in [1.29, 1.82) is 0 Å². The standard InChI is InChI=1S/C6H9NO2.C2H6/c1-2-4-3-5(8)7-6(4)9;1-2/h4H,2-3H2,1H3,(H,7,8,9);1-2H3. The number of nitrogens with one attached hydrogen (secondary N) is 1. The van der Waals surface area contributed by atoms with Crippen molar-refractivity contribution in [2.45, 2.75) is 33.6 Å². The van der Waals surface area contributed by atoms with Gasteiger partial charge in [0.1, 0.15) is 0 Å². The molecule has 2 amide bonds. The molecule has 64 valence electrons. The molecule has 1 aliphatic heterocycles. The third kappa shape index (κ3) is 2.70. The van der Waals surface area contributed by atoms with Crippen LogP contribution in [-0.4, -0.2) is 11.8 Å². The van der Waals surface area contributed by atoms with Crippen LogP contribution in [0.2, 0.25) is 0 Å². The van der Waals surface area contributed by atoms with Gasteiger partial charge in [0.05, 0.1) is 0 Å². The average molecular weight is 157 g/mol. The topological polar surface area (TPSA) is 46.2 Å². The molecular formula is C8H15NO2. The third-order valence-electron chi connectivity index (χ3n) is 1.56. The van der Waals surface area contributed by atoms with E-state index in [1.54, 1.807) is 0 Å². The Kier molecular flexibility index (Phi) is 4.50. The lowest BCUT2D eigenvalue weighted by atomic mass is 10.1. The summed E-state index contributed by atoms with van der Waals surface area (Å²) in [5.41, 5.74) is 0. The molecule has 1 saturated heterocycles. The minimum Gasteiger partial charge on any atom is -0.296 e. The summed E-state index contributed by atoms with van der Waals surface area (Å²) in [7, 11) is 0. The van der Waals surface area contributed by atoms with Gasteiger partial charge in [0.25, 0.3) is 0 Å². The van der Waals surface area contributed by atoms with Crippen LogP contribution in [0.4, 0.5) is 0 Å². The summed E-state index contributed by atoms with van der Waals surface area (Å²) >= 11 is 0. The lowest BCUT2D eigenvalue weighted by Crippen LogP contribution is -2.21. The number of imide groups is 1. The molecule has 0 aromatic carbocycles. The van der Waals surface area contributed by atoms with E-state index in [9.17, 15) is 9.59 Å². The Bertz CT molecular complexity index is 154. The largest absolute Gasteiger partial charge is 0.296 e. The molecule has 0 radical (unpaired) electrons. The number of carbonyl (C=O) groups is 2. The predicted molar refractivity (Wildman–Crippen MR) is 42.9 cm³/mol. The van der Waals surface area contributed by atoms with Gasteiger partial charge >= 0.3 is 0 Å². The minimum absolute atomic E-state index is 0.0579. The Balaban J connectivity index is 0.000000461. The van der Waals surface area contributed by atoms with Crippen LogP contribution >= 0.6 is 0 Å². The Labute approximate surface area is 67.2 Å². The zero-order valence-electron chi connectivity index (χ0n) is 7.31. The number of carbonyl (C=O) groups excluding carboxylic acids is 2. The van der Waals surface area contributed by atoms with Crippen molar-refractivity contribution in [2.75, 3.05) is 0 Å². The normalized spacial score (nSPS) is 22.3. The van der Waals surface area contributed by atoms with E-state index < -0.39 is 0 Å². The second-order valence-corrected chi connectivity index (χ2v) is 2.22. The summed E-state index contributed by atoms with van der Waals surface area (Å²) in [4.78, 5) is 21.2. The van der Waals surface area contributed by atoms with Gasteiger partial charge in [-0.25, -0.2) is 0 Å². The van der Waals surface area contributed by atoms with Crippen LogP contribution in [0.3, 0.4) is 0 Å². The van der Waals surface area contributed by atoms with Crippen molar-refractivity contribution >= 4 is 11.8 Å². The van der Waals surface area contributed by atoms with Crippen LogP contribution in [0.15, 0.2) is 0 Å². The molecule has 0 aliphatic carbocycles. The lowest BCUT2D eigenvalue weighted by molar-refractivity contribution is -0.125. The third-order valence-corrected chi connectivity index (χ3v) is 1.56. The van der Waals surface area contributed by atoms with Crippen molar-refractivity contribution in [3.8, 4) is 0 Å². The summed E-state index contributed by atoms with van der Waals surface area (Å²) in [5.74, 6) is -0.299. The van der Waals surface area contributed by atoms with Gasteiger partial charge < -0.3 is 0 Å². The fourth-order valence-corrected chi connectivity index (χ4v) is 0.937. The van der Waals surface area contributed by atoms with Crippen molar-refractivity contribution in [2.24, 2.45) is 5.92 Å². The zero-order chi connectivity index (χ0) is 8.85. The Hall–Kier alpha value is -0.860. The van der Waals surface area contributed by atoms with Crippen LogP contribution in [0, 0.1) is 5.92 Å². The summed E-state index contributed by atoms with van der Waals surface area (Å²) in [5, 5.41) is 2.24. The van der Waals surface area contributed by atoms with Gasteiger partial charge in [0, 0.05) is 12.3 Å². The predicted octanol–water partition coefficient (Wildman–Crippen LogP) is 1.09. The second-order valence-electron chi connectivity index (χ2n) is 2.22. The van der Waals surface area contributed by atoms with E-state index in [2.05, 4.69) is 5.32 Å². The Morgan fingerprint density at radius 3 is 2.18 bits per heavy atom. The van der Waals surface area contributed by atoms with E-state index in [0.29, 0.717) is 6.42 Å². The van der Waals surface area contributed by atoms with Gasteiger partial charge in [0.15, 0.2) is 0 Å². The van der Waals surface area contributed by atoms with Gasteiger partial charge in [-0.1, -0.05) is 20.8 Å². The second kappa shape index (κ2) is 4.88. The summed E-state index contributed by atoms with van der Waals surface area (Å²) in [6.45, 7) is 5.91. The van der Waals surface area contributed by atoms with Crippen molar-refractivity contribution < 1.29 is 9.59 Å². The smallest absolute Gasteiger partial charge is 0.230 e. The zero-order valence-corrected chi connectivity index (χ0v) is 7.31. The van der Waals surface area contributed by atoms with E-state index in [0.717, 1.165) is 6.42 Å². The first-order valence-electron chi connectivity index (χ1n) is 4.07. The molecule has 1 unspecified atom stereocenters. The van der Waals surface area contributed by atoms with E-state index in [4.69, 9.17) is 0 Å². The average Bonchev–Trinajstić information content (AvgIpc) is 2.33. The fourth-order valence-electron chi connectivity index (χ4n) is 0.937. The van der Waals surface area contributed by atoms with Crippen molar-refractivity contribution in [1.82, 2.24) is 5.32 Å². The highest BCUT2D eigenvalue weighted by atomic mass is 16.2. The number of hydrogen-bond donors (Lipinski definition) is 1. The van der Waals surface area contributed by atoms with Gasteiger partial charge in [-0.3, -0.25) is 14.9 Å². The highest BCUT2D eigenvalue weighted by molar-refractivity contribution is 6.03. The Morgan fingerprint density at radius 2 is 2.00 bits per heavy atom. The van der Waals surface area contributed by atoms with E-state index in [-0.39, 0.29) is 17.7 Å². The highest BCUT2D eigenvalue weighted by Crippen LogP contribution is 2.13. The molecule has 1 fully saturated rings. The van der Waals surface area contributed by atoms with Crippen LogP contribution in [0.1, 0.15) is 33.6 Å². The number of amides is 2. The molecule has 1 heterocycles. The van der Waals surface area contributed by atoms with Gasteiger partial charge in [-0.15, -0.1) is 0 Å². The maximum Gasteiger partial charge on any atom is 0.230 e. The van der Waals surface area contributed by atoms with Crippen molar-refractivity contribution in [3.63, 3.8) is 0 Å². The van der Waals surface area contributed by atoms with Gasteiger partial charge in [-0.2, -0.15) is 0 Å². The molecule has 3 heteroatoms. The van der Waals surface area contributed by atoms with Crippen LogP contribution in [-0.2, 0) is 9.59 Å². The van der Waals surface area contributed by atoms with E-state index in [1.807, 2.05) is 20.8 Å². The van der Waals surface area contributed by atoms with E-state index in [1.165, 1.54) is 0 Å². The minimum atomic E-state index is -0.133. The summed E-state index contributed by atoms with van der Waals surface area (Å²) in [6.07, 6.45) is 1.15. The highest BCUT2D eigenvalue weighted by Gasteiger charge is 2.28. The van der Waals surface area contributed by atoms with Crippen LogP contribution in [0.25, 0.3) is 0 Å². The molecule has 0 spiro atoms. The van der Waals surface area contributed by atoms with Gasteiger partial charge in [-0.05, 0) is 6.42 Å². The Morgan fingerprint density at radius 1 is 1.45 bits per heavy atom. The molecule has 1 aliphatic rings. The van der Waals surface area contributed by atoms with Crippen LogP contribution < -0.4 is 5.32 Å². The van der Waals surface area contributed by atoms with E-state index >= 15 is 0 Å². The summed E-state index contributed by atoms with van der Waals surface area (Å²) in [6, 6.07) is 0. The lowest BCUT2D eigenvalue weighted by Gasteiger charge is -1.96. The maximum atomic E-state index is 10.7. The number of rotatable bonds is 1. The first-order valence-corrected chi connectivity index (χ1v) is 4.07. The molecule has 1 rings (SSSR count). The quantitative estimate of drug-likeness (QED) is 0.579. The SMILES string of the molecule is CC.CCC1CC(=O)NC1=O. The molecule has 0 aromatic rings. The molecule has 11 heavy (non-hydrogen) atoms. The fraction of sp³-hybridized carbons (Fsp3) is 0.750. The molecule has 1 N–H and O–H groups in total. The maximum absolute atomic E-state index is 10.7. The van der Waals surface area contributed by atoms with Crippen LogP contribution in [0.5, 0.6) is 0 Å². The first-order chi connectivity index (χ1) is 5.24. The van der Waals surface area contributed by atoms with Gasteiger partial charge in [0.2, 0.25) is 11.8 Å². The number of hydrogen-bond acceptors (Lipinski definition) is 2. The molecule has 3 nitrogen and oxygen atoms in total. The first kappa shape index (κ1) is 10.1. The van der Waals surface area contributed by atoms with Crippen molar-refractivity contribution in [3.05, 3.63) is 0 Å². The molecule has 0 bridgehead atoms. The molecular weight excluding hydrogens is 142 g/mol. The molecule has 1 atom stereocenters.